The van der Waals surface area contributed by atoms with E-state index >= 15 is 0 Å². The van der Waals surface area contributed by atoms with Crippen molar-refractivity contribution in [1.29, 1.82) is 0 Å². The Balaban J connectivity index is 1.60. The van der Waals surface area contributed by atoms with Gasteiger partial charge in [0.25, 0.3) is 5.91 Å². The molecule has 148 valence electrons. The number of nitrogens with one attached hydrogen (secondary N) is 1. The number of thiophene rings is 1. The lowest BCUT2D eigenvalue weighted by atomic mass is 10.1. The molecule has 3 aromatic heterocycles. The summed E-state index contributed by atoms with van der Waals surface area (Å²) in [5.74, 6) is -1.13. The Kier molecular flexibility index (Phi) is 4.79. The van der Waals surface area contributed by atoms with Gasteiger partial charge in [0.1, 0.15) is 12.4 Å². The number of amides is 1. The summed E-state index contributed by atoms with van der Waals surface area (Å²) in [7, 11) is 0. The number of alkyl halides is 3. The predicted octanol–water partition coefficient (Wildman–Crippen LogP) is 4.56. The molecule has 0 spiro atoms. The minimum atomic E-state index is -4.47. The molecule has 0 radical (unpaired) electrons. The maximum atomic E-state index is 13.1. The number of carbonyl (C=O) groups is 1. The molecular formula is C19H12F4N4OS. The summed E-state index contributed by atoms with van der Waals surface area (Å²) in [6, 6.07) is 9.26. The third kappa shape index (κ3) is 4.11. The molecule has 0 saturated carbocycles. The summed E-state index contributed by atoms with van der Waals surface area (Å²) >= 11 is 1.03. The molecule has 0 aliphatic heterocycles. The molecule has 4 aromatic rings. The first-order valence-corrected chi connectivity index (χ1v) is 9.22. The Morgan fingerprint density at radius 3 is 2.55 bits per heavy atom. The van der Waals surface area contributed by atoms with Gasteiger partial charge in [0.2, 0.25) is 0 Å². The molecule has 1 aromatic carbocycles. The number of hydrogen-bond donors (Lipinski definition) is 1. The number of rotatable bonds is 4. The Labute approximate surface area is 165 Å². The SMILES string of the molecule is O=C(NCC(F)(F)F)c1cc(-c2cnc3cc(-c4ccc(F)cc4)cnn23)cs1. The standard InChI is InChI=1S/C19H12F4N4OS/c20-14-3-1-11(2-4-14)12-6-17-24-8-15(27(17)26-7-12)13-5-16(29-9-13)18(28)25-10-19(21,22)23/h1-9H,10H2,(H,25,28). The van der Waals surface area contributed by atoms with E-state index in [0.717, 1.165) is 22.5 Å². The van der Waals surface area contributed by atoms with Crippen LogP contribution in [0.25, 0.3) is 28.0 Å². The van der Waals surface area contributed by atoms with Crippen LogP contribution in [0.3, 0.4) is 0 Å². The predicted molar refractivity (Wildman–Crippen MR) is 100 cm³/mol. The van der Waals surface area contributed by atoms with Gasteiger partial charge in [-0.3, -0.25) is 4.79 Å². The maximum Gasteiger partial charge on any atom is 0.405 e. The highest BCUT2D eigenvalue weighted by atomic mass is 32.1. The third-order valence-electron chi connectivity index (χ3n) is 4.11. The van der Waals surface area contributed by atoms with Crippen molar-refractivity contribution in [2.75, 3.05) is 6.54 Å². The molecule has 29 heavy (non-hydrogen) atoms. The van der Waals surface area contributed by atoms with Crippen molar-refractivity contribution in [3.05, 3.63) is 64.9 Å². The average molecular weight is 420 g/mol. The molecule has 1 amide bonds. The Bertz CT molecular complexity index is 1180. The molecule has 0 fully saturated rings. The summed E-state index contributed by atoms with van der Waals surface area (Å²) in [6.45, 7) is -1.39. The number of imidazole rings is 1. The van der Waals surface area contributed by atoms with Gasteiger partial charge in [-0.05, 0) is 29.8 Å². The number of fused-ring (bicyclic) bond motifs is 1. The molecular weight excluding hydrogens is 408 g/mol. The zero-order valence-corrected chi connectivity index (χ0v) is 15.4. The molecule has 1 N–H and O–H groups in total. The molecule has 0 aliphatic carbocycles. The fourth-order valence-corrected chi connectivity index (χ4v) is 3.55. The van der Waals surface area contributed by atoms with Gasteiger partial charge in [-0.15, -0.1) is 11.3 Å². The molecule has 0 saturated heterocycles. The Hall–Kier alpha value is -3.27. The van der Waals surface area contributed by atoms with E-state index in [1.54, 1.807) is 40.5 Å². The number of nitrogens with zero attached hydrogens (tertiary/aromatic N) is 3. The van der Waals surface area contributed by atoms with Crippen molar-refractivity contribution in [2.24, 2.45) is 0 Å². The maximum absolute atomic E-state index is 13.1. The Morgan fingerprint density at radius 2 is 1.83 bits per heavy atom. The van der Waals surface area contributed by atoms with Gasteiger partial charge in [0.05, 0.1) is 23.0 Å². The van der Waals surface area contributed by atoms with Gasteiger partial charge in [-0.1, -0.05) is 12.1 Å². The van der Waals surface area contributed by atoms with Crippen molar-refractivity contribution in [3.63, 3.8) is 0 Å². The largest absolute Gasteiger partial charge is 0.405 e. The zero-order chi connectivity index (χ0) is 20.6. The topological polar surface area (TPSA) is 59.3 Å². The van der Waals surface area contributed by atoms with Crippen molar-refractivity contribution >= 4 is 22.9 Å². The van der Waals surface area contributed by atoms with Crippen LogP contribution in [0.2, 0.25) is 0 Å². The van der Waals surface area contributed by atoms with Crippen LogP contribution in [0, 0.1) is 5.82 Å². The summed E-state index contributed by atoms with van der Waals surface area (Å²) < 4.78 is 51.4. The minimum Gasteiger partial charge on any atom is -0.342 e. The summed E-state index contributed by atoms with van der Waals surface area (Å²) in [5.41, 5.74) is 3.28. The zero-order valence-electron chi connectivity index (χ0n) is 14.6. The van der Waals surface area contributed by atoms with Crippen LogP contribution in [0.4, 0.5) is 17.6 Å². The minimum absolute atomic E-state index is 0.155. The lowest BCUT2D eigenvalue weighted by molar-refractivity contribution is -0.123. The third-order valence-corrected chi connectivity index (χ3v) is 5.04. The van der Waals surface area contributed by atoms with Crippen molar-refractivity contribution < 1.29 is 22.4 Å². The second kappa shape index (κ2) is 7.28. The van der Waals surface area contributed by atoms with Crippen LogP contribution in [-0.4, -0.2) is 33.2 Å². The second-order valence-corrected chi connectivity index (χ2v) is 7.07. The van der Waals surface area contributed by atoms with Crippen molar-refractivity contribution in [1.82, 2.24) is 19.9 Å². The van der Waals surface area contributed by atoms with Gasteiger partial charge in [0.15, 0.2) is 5.65 Å². The fraction of sp³-hybridized carbons (Fsp3) is 0.105. The molecule has 4 rings (SSSR count). The fourth-order valence-electron chi connectivity index (χ4n) is 2.73. The smallest absolute Gasteiger partial charge is 0.342 e. The number of carbonyl (C=O) groups excluding carboxylic acids is 1. The first-order valence-electron chi connectivity index (χ1n) is 8.34. The lowest BCUT2D eigenvalue weighted by Gasteiger charge is -2.06. The summed E-state index contributed by atoms with van der Waals surface area (Å²) in [4.78, 5) is 16.4. The normalized spacial score (nSPS) is 11.7. The lowest BCUT2D eigenvalue weighted by Crippen LogP contribution is -2.33. The van der Waals surface area contributed by atoms with Crippen molar-refractivity contribution in [3.8, 4) is 22.4 Å². The van der Waals surface area contributed by atoms with E-state index in [4.69, 9.17) is 0 Å². The number of halogens is 4. The van der Waals surface area contributed by atoms with E-state index in [0.29, 0.717) is 16.9 Å². The van der Waals surface area contributed by atoms with E-state index in [-0.39, 0.29) is 10.7 Å². The van der Waals surface area contributed by atoms with E-state index in [1.165, 1.54) is 18.2 Å². The van der Waals surface area contributed by atoms with Crippen LogP contribution in [0.5, 0.6) is 0 Å². The molecule has 3 heterocycles. The first-order chi connectivity index (χ1) is 13.8. The number of aromatic nitrogens is 3. The van der Waals surface area contributed by atoms with Gasteiger partial charge in [0, 0.05) is 16.5 Å². The van der Waals surface area contributed by atoms with Crippen LogP contribution < -0.4 is 5.32 Å². The Morgan fingerprint density at radius 1 is 1.07 bits per heavy atom. The van der Waals surface area contributed by atoms with Gasteiger partial charge < -0.3 is 5.32 Å². The molecule has 0 atom stereocenters. The highest BCUT2D eigenvalue weighted by Gasteiger charge is 2.28. The monoisotopic (exact) mass is 420 g/mol. The quantitative estimate of drug-likeness (QED) is 0.493. The molecule has 0 unspecified atom stereocenters. The van der Waals surface area contributed by atoms with Gasteiger partial charge >= 0.3 is 6.18 Å². The number of benzene rings is 1. The van der Waals surface area contributed by atoms with E-state index in [2.05, 4.69) is 10.1 Å². The van der Waals surface area contributed by atoms with Crippen LogP contribution in [0.1, 0.15) is 9.67 Å². The first kappa shape index (κ1) is 19.1. The van der Waals surface area contributed by atoms with Crippen LogP contribution in [0.15, 0.2) is 54.2 Å². The second-order valence-electron chi connectivity index (χ2n) is 6.16. The van der Waals surface area contributed by atoms with Gasteiger partial charge in [-0.2, -0.15) is 18.3 Å². The molecule has 5 nitrogen and oxygen atoms in total. The molecule has 10 heteroatoms. The van der Waals surface area contributed by atoms with E-state index in [1.807, 2.05) is 5.32 Å². The van der Waals surface area contributed by atoms with Crippen LogP contribution in [-0.2, 0) is 0 Å². The van der Waals surface area contributed by atoms with E-state index < -0.39 is 18.6 Å². The molecule has 0 bridgehead atoms. The highest BCUT2D eigenvalue weighted by molar-refractivity contribution is 7.12. The van der Waals surface area contributed by atoms with E-state index in [9.17, 15) is 22.4 Å². The molecule has 0 aliphatic rings. The van der Waals surface area contributed by atoms with Crippen LogP contribution >= 0.6 is 11.3 Å². The van der Waals surface area contributed by atoms with Gasteiger partial charge in [-0.25, -0.2) is 13.9 Å². The average Bonchev–Trinajstić information content (AvgIpc) is 3.32. The van der Waals surface area contributed by atoms with Crippen molar-refractivity contribution in [2.45, 2.75) is 6.18 Å². The highest BCUT2D eigenvalue weighted by Crippen LogP contribution is 2.28. The summed E-state index contributed by atoms with van der Waals surface area (Å²) in [5, 5.41) is 7.86. The number of hydrogen-bond acceptors (Lipinski definition) is 4. The summed E-state index contributed by atoms with van der Waals surface area (Å²) in [6.07, 6.45) is -1.30.